The van der Waals surface area contributed by atoms with Gasteiger partial charge in [0.15, 0.2) is 11.6 Å². The summed E-state index contributed by atoms with van der Waals surface area (Å²) >= 11 is 0. The first-order valence-electron chi connectivity index (χ1n) is 9.10. The number of rotatable bonds is 2. The molecule has 3 aromatic rings. The van der Waals surface area contributed by atoms with E-state index in [2.05, 4.69) is 20.3 Å². The van der Waals surface area contributed by atoms with Crippen LogP contribution in [0, 0.1) is 0 Å². The monoisotopic (exact) mass is 365 g/mol. The van der Waals surface area contributed by atoms with Crippen molar-refractivity contribution in [1.29, 1.82) is 0 Å². The second-order valence-electron chi connectivity index (χ2n) is 7.10. The number of para-hydroxylation sites is 1. The van der Waals surface area contributed by atoms with Crippen molar-refractivity contribution in [2.24, 2.45) is 0 Å². The molecule has 1 saturated carbocycles. The summed E-state index contributed by atoms with van der Waals surface area (Å²) in [7, 11) is 0. The van der Waals surface area contributed by atoms with Gasteiger partial charge in [-0.1, -0.05) is 34.6 Å². The lowest BCUT2D eigenvalue weighted by Gasteiger charge is -2.29. The highest BCUT2D eigenvalue weighted by Crippen LogP contribution is 2.43. The Morgan fingerprint density at radius 3 is 2.78 bits per heavy atom. The van der Waals surface area contributed by atoms with Gasteiger partial charge >= 0.3 is 0 Å². The Hall–Kier alpha value is -3.23. The first-order chi connectivity index (χ1) is 13.3. The zero-order chi connectivity index (χ0) is 18.0. The molecule has 1 fully saturated rings. The zero-order valence-corrected chi connectivity index (χ0v) is 14.4. The third-order valence-electron chi connectivity index (χ3n) is 5.49. The van der Waals surface area contributed by atoms with Crippen LogP contribution in [0.3, 0.4) is 0 Å². The van der Waals surface area contributed by atoms with Crippen molar-refractivity contribution in [2.75, 3.05) is 11.6 Å². The van der Waals surface area contributed by atoms with Gasteiger partial charge in [0.1, 0.15) is 12.5 Å². The largest absolute Gasteiger partial charge is 0.330 e. The molecular weight excluding hydrogens is 349 g/mol. The van der Waals surface area contributed by atoms with Gasteiger partial charge in [-0.25, -0.2) is 0 Å². The van der Waals surface area contributed by atoms with E-state index in [1.165, 1.54) is 19.0 Å². The fourth-order valence-electron chi connectivity index (χ4n) is 4.21. The van der Waals surface area contributed by atoms with Gasteiger partial charge < -0.3 is 9.42 Å². The van der Waals surface area contributed by atoms with Gasteiger partial charge in [-0.3, -0.25) is 4.57 Å². The van der Waals surface area contributed by atoms with Crippen LogP contribution in [0.4, 0.5) is 10.2 Å². The second kappa shape index (κ2) is 5.38. The molecular formula is C18H16FN7O. The fraction of sp³-hybridized carbons (Fsp3) is 0.333. The van der Waals surface area contributed by atoms with Crippen molar-refractivity contribution >= 4 is 11.5 Å². The highest BCUT2D eigenvalue weighted by atomic mass is 19.2. The third-order valence-corrected chi connectivity index (χ3v) is 5.49. The minimum absolute atomic E-state index is 0.112. The lowest BCUT2D eigenvalue weighted by molar-refractivity contribution is 0.104. The molecule has 0 radical (unpaired) electrons. The van der Waals surface area contributed by atoms with E-state index >= 15 is 0 Å². The maximum absolute atomic E-state index is 14.1. The maximum atomic E-state index is 14.1. The van der Waals surface area contributed by atoms with Gasteiger partial charge in [0.05, 0.1) is 11.9 Å². The summed E-state index contributed by atoms with van der Waals surface area (Å²) in [5.74, 6) is 3.08. The molecule has 136 valence electrons. The molecule has 8 nitrogen and oxygen atoms in total. The summed E-state index contributed by atoms with van der Waals surface area (Å²) < 4.78 is 21.4. The Kier molecular flexibility index (Phi) is 2.97. The van der Waals surface area contributed by atoms with E-state index in [9.17, 15) is 4.48 Å². The standard InChI is InChI=1S/C18H16FN7O/c19-24-9-14-25(10-24)13-8-4-3-7-12(13)16-21-22-17(26(14)16)18-20-15(23-27-18)11-5-1-2-6-11/h3-4,7-9,11H,1-2,5-6,10H2. The van der Waals surface area contributed by atoms with E-state index in [0.29, 0.717) is 34.4 Å². The van der Waals surface area contributed by atoms with Crippen LogP contribution in [-0.4, -0.2) is 36.7 Å². The number of fused-ring (bicyclic) bond motifs is 6. The number of aromatic nitrogens is 5. The average molecular weight is 365 g/mol. The molecule has 3 aliphatic rings. The van der Waals surface area contributed by atoms with E-state index in [4.69, 9.17) is 4.52 Å². The highest BCUT2D eigenvalue weighted by molar-refractivity contribution is 5.89. The van der Waals surface area contributed by atoms with Gasteiger partial charge in [0.25, 0.3) is 5.89 Å². The number of hydrogen-bond donors (Lipinski definition) is 0. The number of nitrogens with zero attached hydrogens (tertiary/aromatic N) is 7. The minimum Gasteiger partial charge on any atom is -0.330 e. The van der Waals surface area contributed by atoms with Gasteiger partial charge in [-0.2, -0.15) is 10.1 Å². The Balaban J connectivity index is 1.51. The summed E-state index contributed by atoms with van der Waals surface area (Å²) in [5.41, 5.74) is 1.78. The van der Waals surface area contributed by atoms with Crippen molar-refractivity contribution in [1.82, 2.24) is 30.0 Å². The Labute approximate surface area is 153 Å². The average Bonchev–Trinajstić information content (AvgIpc) is 3.44. The summed E-state index contributed by atoms with van der Waals surface area (Å²) in [6, 6.07) is 7.76. The second-order valence-corrected chi connectivity index (χ2v) is 7.10. The van der Waals surface area contributed by atoms with Crippen molar-refractivity contribution in [3.63, 3.8) is 0 Å². The molecule has 2 aromatic heterocycles. The van der Waals surface area contributed by atoms with E-state index in [0.717, 1.165) is 29.9 Å². The van der Waals surface area contributed by atoms with Crippen LogP contribution in [0.25, 0.3) is 28.9 Å². The molecule has 4 heterocycles. The Bertz CT molecular complexity index is 1070. The molecule has 9 heteroatoms. The highest BCUT2D eigenvalue weighted by Gasteiger charge is 2.36. The Morgan fingerprint density at radius 1 is 1.07 bits per heavy atom. The number of benzene rings is 1. The molecule has 2 aliphatic heterocycles. The van der Waals surface area contributed by atoms with E-state index < -0.39 is 0 Å². The van der Waals surface area contributed by atoms with Gasteiger partial charge in [-0.05, 0) is 25.0 Å². The molecule has 1 aliphatic carbocycles. The molecule has 0 saturated heterocycles. The molecule has 27 heavy (non-hydrogen) atoms. The van der Waals surface area contributed by atoms with Gasteiger partial charge in [0.2, 0.25) is 5.82 Å². The fourth-order valence-corrected chi connectivity index (χ4v) is 4.21. The van der Waals surface area contributed by atoms with Gasteiger partial charge in [0, 0.05) is 11.5 Å². The van der Waals surface area contributed by atoms with Crippen LogP contribution < -0.4 is 4.90 Å². The molecule has 6 rings (SSSR count). The number of anilines is 1. The summed E-state index contributed by atoms with van der Waals surface area (Å²) in [5, 5.41) is 13.4. The van der Waals surface area contributed by atoms with Crippen molar-refractivity contribution in [3.05, 3.63) is 36.3 Å². The summed E-state index contributed by atoms with van der Waals surface area (Å²) in [4.78, 5) is 6.46. The molecule has 0 bridgehead atoms. The first kappa shape index (κ1) is 14.9. The van der Waals surface area contributed by atoms with E-state index in [1.54, 1.807) is 4.57 Å². The van der Waals surface area contributed by atoms with Crippen molar-refractivity contribution in [2.45, 2.75) is 31.6 Å². The van der Waals surface area contributed by atoms with Crippen LogP contribution in [-0.2, 0) is 0 Å². The zero-order valence-electron chi connectivity index (χ0n) is 14.4. The smallest absolute Gasteiger partial charge is 0.296 e. The van der Waals surface area contributed by atoms with Crippen LogP contribution in [0.1, 0.15) is 37.4 Å². The van der Waals surface area contributed by atoms with E-state index in [1.807, 2.05) is 29.2 Å². The normalized spacial score (nSPS) is 18.5. The molecule has 1 aromatic carbocycles. The molecule has 0 spiro atoms. The molecule has 0 atom stereocenters. The van der Waals surface area contributed by atoms with Gasteiger partial charge in [-0.15, -0.1) is 10.2 Å². The van der Waals surface area contributed by atoms with Crippen molar-refractivity contribution in [3.8, 4) is 23.1 Å². The van der Waals surface area contributed by atoms with Crippen LogP contribution in [0.2, 0.25) is 0 Å². The lowest BCUT2D eigenvalue weighted by atomic mass is 10.1. The minimum atomic E-state index is 0.112. The SMILES string of the molecule is FN1C=C2N(C1)c1ccccc1-c1nnc(-c3nc(C4CCCC4)no3)n12. The van der Waals surface area contributed by atoms with Crippen LogP contribution >= 0.6 is 0 Å². The maximum Gasteiger partial charge on any atom is 0.296 e. The molecule has 0 unspecified atom stereocenters. The van der Waals surface area contributed by atoms with E-state index in [-0.39, 0.29) is 6.67 Å². The summed E-state index contributed by atoms with van der Waals surface area (Å²) in [6.07, 6.45) is 5.99. The summed E-state index contributed by atoms with van der Waals surface area (Å²) in [6.45, 7) is 0.112. The first-order valence-corrected chi connectivity index (χ1v) is 9.10. The predicted molar refractivity (Wildman–Crippen MR) is 94.5 cm³/mol. The predicted octanol–water partition coefficient (Wildman–Crippen LogP) is 3.39. The molecule has 0 N–H and O–H groups in total. The topological polar surface area (TPSA) is 76.1 Å². The third kappa shape index (κ3) is 2.08. The van der Waals surface area contributed by atoms with Crippen molar-refractivity contribution < 1.29 is 9.00 Å². The number of hydrogen-bond acceptors (Lipinski definition) is 7. The quantitative estimate of drug-likeness (QED) is 0.644. The lowest BCUT2D eigenvalue weighted by Crippen LogP contribution is -2.28. The number of halogens is 1. The van der Waals surface area contributed by atoms with Crippen LogP contribution in [0.5, 0.6) is 0 Å². The van der Waals surface area contributed by atoms with Crippen LogP contribution in [0.15, 0.2) is 35.0 Å². The molecule has 0 amide bonds. The Morgan fingerprint density at radius 2 is 1.89 bits per heavy atom.